The monoisotopic (exact) mass is 359 g/mol. The maximum absolute atomic E-state index is 12.3. The quantitative estimate of drug-likeness (QED) is 0.681. The average Bonchev–Trinajstić information content (AvgIpc) is 2.73. The van der Waals surface area contributed by atoms with E-state index in [4.69, 9.17) is 0 Å². The Morgan fingerprint density at radius 3 is 2.15 bits per heavy atom. The first-order valence-corrected chi connectivity index (χ1v) is 8.82. The minimum Gasteiger partial charge on any atom is -0.352 e. The van der Waals surface area contributed by atoms with E-state index < -0.39 is 0 Å². The highest BCUT2D eigenvalue weighted by Crippen LogP contribution is 2.04. The highest BCUT2D eigenvalue weighted by Gasteiger charge is 2.11. The minimum absolute atomic E-state index is 0.217. The summed E-state index contributed by atoms with van der Waals surface area (Å²) in [5.74, 6) is -0.525. The van der Waals surface area contributed by atoms with Crippen molar-refractivity contribution >= 4 is 11.8 Å². The predicted molar refractivity (Wildman–Crippen MR) is 104 cm³/mol. The zero-order chi connectivity index (χ0) is 18.9. The highest BCUT2D eigenvalue weighted by atomic mass is 16.2. The second-order valence-corrected chi connectivity index (χ2v) is 6.09. The first-order valence-electron chi connectivity index (χ1n) is 8.82. The molecule has 0 aliphatic carbocycles. The standard InChI is InChI=1S/C22H21N3O2/c26-21(24-13-11-17-7-3-1-4-8-17)19-12-14-23-20(15-19)22(27)25-16-18-9-5-2-6-10-18/h1-10,12,14-15H,11,13,16H2,(H,24,26)(H,25,27). The van der Waals surface area contributed by atoms with Gasteiger partial charge in [-0.1, -0.05) is 60.7 Å². The summed E-state index contributed by atoms with van der Waals surface area (Å²) in [5, 5.41) is 5.69. The molecule has 0 saturated carbocycles. The number of benzene rings is 2. The molecule has 0 atom stereocenters. The zero-order valence-corrected chi connectivity index (χ0v) is 14.9. The van der Waals surface area contributed by atoms with Gasteiger partial charge in [-0.3, -0.25) is 14.6 Å². The number of aromatic nitrogens is 1. The molecular weight excluding hydrogens is 338 g/mol. The predicted octanol–water partition coefficient (Wildman–Crippen LogP) is 2.98. The van der Waals surface area contributed by atoms with Gasteiger partial charge in [0.05, 0.1) is 0 Å². The van der Waals surface area contributed by atoms with E-state index in [1.165, 1.54) is 12.3 Å². The first-order chi connectivity index (χ1) is 13.2. The lowest BCUT2D eigenvalue weighted by Gasteiger charge is -2.08. The summed E-state index contributed by atoms with van der Waals surface area (Å²) in [6, 6.07) is 22.7. The molecule has 0 spiro atoms. The molecule has 3 rings (SSSR count). The molecule has 0 bridgehead atoms. The topological polar surface area (TPSA) is 71.1 Å². The van der Waals surface area contributed by atoms with Crippen LogP contribution in [0.1, 0.15) is 32.0 Å². The van der Waals surface area contributed by atoms with Crippen LogP contribution in [-0.4, -0.2) is 23.3 Å². The van der Waals surface area contributed by atoms with Gasteiger partial charge in [0, 0.05) is 24.8 Å². The molecule has 1 heterocycles. The number of amides is 2. The Morgan fingerprint density at radius 1 is 0.778 bits per heavy atom. The smallest absolute Gasteiger partial charge is 0.270 e. The van der Waals surface area contributed by atoms with Crippen molar-refractivity contribution in [2.45, 2.75) is 13.0 Å². The third-order valence-corrected chi connectivity index (χ3v) is 4.09. The molecule has 0 aliphatic rings. The molecule has 0 fully saturated rings. The molecule has 5 heteroatoms. The Hall–Kier alpha value is -3.47. The van der Waals surface area contributed by atoms with E-state index in [-0.39, 0.29) is 17.5 Å². The van der Waals surface area contributed by atoms with Crippen molar-refractivity contribution in [3.05, 3.63) is 101 Å². The Balaban J connectivity index is 1.54. The van der Waals surface area contributed by atoms with Gasteiger partial charge in [-0.2, -0.15) is 0 Å². The van der Waals surface area contributed by atoms with E-state index in [0.717, 1.165) is 17.5 Å². The fourth-order valence-electron chi connectivity index (χ4n) is 2.63. The van der Waals surface area contributed by atoms with Crippen LogP contribution in [0.5, 0.6) is 0 Å². The molecule has 0 aliphatic heterocycles. The molecule has 0 radical (unpaired) electrons. The van der Waals surface area contributed by atoms with Crippen molar-refractivity contribution in [2.75, 3.05) is 6.54 Å². The van der Waals surface area contributed by atoms with Crippen molar-refractivity contribution in [1.29, 1.82) is 0 Å². The third kappa shape index (κ3) is 5.51. The lowest BCUT2D eigenvalue weighted by Crippen LogP contribution is -2.27. The van der Waals surface area contributed by atoms with Gasteiger partial charge in [-0.05, 0) is 29.7 Å². The van der Waals surface area contributed by atoms with Gasteiger partial charge in [-0.15, -0.1) is 0 Å². The summed E-state index contributed by atoms with van der Waals surface area (Å²) in [4.78, 5) is 28.7. The lowest BCUT2D eigenvalue weighted by molar-refractivity contribution is 0.0946. The molecule has 27 heavy (non-hydrogen) atoms. The SMILES string of the molecule is O=C(NCCc1ccccc1)c1ccnc(C(=O)NCc2ccccc2)c1. The van der Waals surface area contributed by atoms with Gasteiger partial charge < -0.3 is 10.6 Å². The largest absolute Gasteiger partial charge is 0.352 e. The Labute approximate surface area is 158 Å². The van der Waals surface area contributed by atoms with Crippen LogP contribution in [0.2, 0.25) is 0 Å². The molecule has 2 amide bonds. The third-order valence-electron chi connectivity index (χ3n) is 4.09. The highest BCUT2D eigenvalue weighted by molar-refractivity contribution is 5.98. The van der Waals surface area contributed by atoms with Gasteiger partial charge in [0.2, 0.25) is 0 Å². The van der Waals surface area contributed by atoms with Crippen LogP contribution in [0.3, 0.4) is 0 Å². The number of carbonyl (C=O) groups excluding carboxylic acids is 2. The fraction of sp³-hybridized carbons (Fsp3) is 0.136. The van der Waals surface area contributed by atoms with Crippen LogP contribution < -0.4 is 10.6 Å². The van der Waals surface area contributed by atoms with Gasteiger partial charge in [0.1, 0.15) is 5.69 Å². The molecule has 2 aromatic carbocycles. The zero-order valence-electron chi connectivity index (χ0n) is 14.9. The molecule has 3 aromatic rings. The second-order valence-electron chi connectivity index (χ2n) is 6.09. The molecule has 2 N–H and O–H groups in total. The summed E-state index contributed by atoms with van der Waals surface area (Å²) >= 11 is 0. The van der Waals surface area contributed by atoms with Gasteiger partial charge in [0.25, 0.3) is 11.8 Å². The summed E-state index contributed by atoms with van der Waals surface area (Å²) in [6.45, 7) is 0.940. The van der Waals surface area contributed by atoms with Crippen LogP contribution in [0.4, 0.5) is 0 Å². The molecule has 1 aromatic heterocycles. The Bertz CT molecular complexity index is 896. The fourth-order valence-corrected chi connectivity index (χ4v) is 2.63. The van der Waals surface area contributed by atoms with E-state index in [2.05, 4.69) is 15.6 Å². The summed E-state index contributed by atoms with van der Waals surface area (Å²) in [7, 11) is 0. The van der Waals surface area contributed by atoms with Gasteiger partial charge >= 0.3 is 0 Å². The average molecular weight is 359 g/mol. The number of rotatable bonds is 7. The van der Waals surface area contributed by atoms with E-state index >= 15 is 0 Å². The van der Waals surface area contributed by atoms with Crippen LogP contribution in [0.25, 0.3) is 0 Å². The van der Waals surface area contributed by atoms with Crippen LogP contribution in [-0.2, 0) is 13.0 Å². The summed E-state index contributed by atoms with van der Waals surface area (Å²) < 4.78 is 0. The van der Waals surface area contributed by atoms with Crippen LogP contribution >= 0.6 is 0 Å². The Kier molecular flexibility index (Phi) is 6.30. The molecule has 0 saturated heterocycles. The van der Waals surface area contributed by atoms with E-state index in [0.29, 0.717) is 18.7 Å². The van der Waals surface area contributed by atoms with E-state index in [1.54, 1.807) is 6.07 Å². The number of nitrogens with one attached hydrogen (secondary N) is 2. The lowest BCUT2D eigenvalue weighted by atomic mass is 10.1. The van der Waals surface area contributed by atoms with Crippen molar-refractivity contribution in [1.82, 2.24) is 15.6 Å². The number of hydrogen-bond acceptors (Lipinski definition) is 3. The van der Waals surface area contributed by atoms with E-state index in [9.17, 15) is 9.59 Å². The summed E-state index contributed by atoms with van der Waals surface area (Å²) in [5.41, 5.74) is 2.80. The molecular formula is C22H21N3O2. The maximum atomic E-state index is 12.3. The minimum atomic E-state index is -0.308. The van der Waals surface area contributed by atoms with Crippen molar-refractivity contribution in [3.8, 4) is 0 Å². The van der Waals surface area contributed by atoms with E-state index in [1.807, 2.05) is 60.7 Å². The molecule has 5 nitrogen and oxygen atoms in total. The number of hydrogen-bond donors (Lipinski definition) is 2. The van der Waals surface area contributed by atoms with Gasteiger partial charge in [0.15, 0.2) is 0 Å². The second kappa shape index (κ2) is 9.29. The number of nitrogens with zero attached hydrogens (tertiary/aromatic N) is 1. The van der Waals surface area contributed by atoms with Crippen LogP contribution in [0.15, 0.2) is 79.0 Å². The maximum Gasteiger partial charge on any atom is 0.270 e. The van der Waals surface area contributed by atoms with Crippen molar-refractivity contribution < 1.29 is 9.59 Å². The molecule has 0 unspecified atom stereocenters. The van der Waals surface area contributed by atoms with Crippen molar-refractivity contribution in [2.24, 2.45) is 0 Å². The van der Waals surface area contributed by atoms with Gasteiger partial charge in [-0.25, -0.2) is 0 Å². The molecule has 136 valence electrons. The summed E-state index contributed by atoms with van der Waals surface area (Å²) in [6.07, 6.45) is 2.23. The Morgan fingerprint density at radius 2 is 1.44 bits per heavy atom. The normalized spacial score (nSPS) is 10.2. The first kappa shape index (κ1) is 18.3. The van der Waals surface area contributed by atoms with Crippen LogP contribution in [0, 0.1) is 0 Å². The number of carbonyl (C=O) groups is 2. The van der Waals surface area contributed by atoms with Crippen molar-refractivity contribution in [3.63, 3.8) is 0 Å². The number of pyridine rings is 1.